The number of nitrogens with one attached hydrogen (secondary N) is 1. The highest BCUT2D eigenvalue weighted by molar-refractivity contribution is 5.87. The van der Waals surface area contributed by atoms with Gasteiger partial charge in [-0.25, -0.2) is 4.39 Å². The third-order valence-corrected chi connectivity index (χ3v) is 4.74. The minimum Gasteiger partial charge on any atom is -0.356 e. The summed E-state index contributed by atoms with van der Waals surface area (Å²) in [6.07, 6.45) is 6.44. The summed E-state index contributed by atoms with van der Waals surface area (Å²) in [6.45, 7) is 3.49. The van der Waals surface area contributed by atoms with E-state index in [1.54, 1.807) is 28.0 Å². The minimum absolute atomic E-state index is 0.0447. The number of rotatable bonds is 4. The first kappa shape index (κ1) is 16.5. The molecule has 1 amide bonds. The lowest BCUT2D eigenvalue weighted by Gasteiger charge is -2.28. The molecule has 134 valence electrons. The summed E-state index contributed by atoms with van der Waals surface area (Å²) in [5.74, 6) is -0.206. The molecule has 0 saturated heterocycles. The standard InChI is InChI=1S/C19H20FN5O/c1-13-11-14-4-5-16(18(20)19(14)22-13)15-3-2-8-24(12-15)17(26)6-9-25-10-7-21-23-25/h3-5,7,10-11,22H,2,6,8-9,12H2,1H3. The van der Waals surface area contributed by atoms with E-state index < -0.39 is 0 Å². The summed E-state index contributed by atoms with van der Waals surface area (Å²) in [6, 6.07) is 5.65. The summed E-state index contributed by atoms with van der Waals surface area (Å²) in [7, 11) is 0. The topological polar surface area (TPSA) is 66.8 Å². The molecule has 1 aliphatic heterocycles. The number of H-pyrrole nitrogens is 1. The van der Waals surface area contributed by atoms with E-state index in [2.05, 4.69) is 15.3 Å². The van der Waals surface area contributed by atoms with E-state index in [1.165, 1.54) is 0 Å². The van der Waals surface area contributed by atoms with Crippen LogP contribution in [-0.2, 0) is 11.3 Å². The number of aryl methyl sites for hydroxylation is 2. The van der Waals surface area contributed by atoms with Gasteiger partial charge in [-0.3, -0.25) is 9.48 Å². The summed E-state index contributed by atoms with van der Waals surface area (Å²) in [4.78, 5) is 17.4. The van der Waals surface area contributed by atoms with Crippen LogP contribution in [0.1, 0.15) is 24.1 Å². The monoisotopic (exact) mass is 353 g/mol. The van der Waals surface area contributed by atoms with Crippen molar-refractivity contribution in [1.29, 1.82) is 0 Å². The number of amides is 1. The predicted octanol–water partition coefficient (Wildman–Crippen LogP) is 2.91. The number of carbonyl (C=O) groups excluding carboxylic acids is 1. The van der Waals surface area contributed by atoms with Crippen molar-refractivity contribution >= 4 is 22.4 Å². The lowest BCUT2D eigenvalue weighted by atomic mass is 9.99. The number of carbonyl (C=O) groups is 1. The SMILES string of the molecule is Cc1cc2ccc(C3=CCCN(C(=O)CCn4ccnn4)C3)c(F)c2[nH]1. The van der Waals surface area contributed by atoms with Crippen LogP contribution in [0.25, 0.3) is 16.5 Å². The molecule has 26 heavy (non-hydrogen) atoms. The van der Waals surface area contributed by atoms with Crippen molar-refractivity contribution in [2.45, 2.75) is 26.3 Å². The molecule has 1 aromatic carbocycles. The molecular weight excluding hydrogens is 333 g/mol. The molecule has 0 radical (unpaired) electrons. The molecule has 2 aromatic heterocycles. The first-order valence-corrected chi connectivity index (χ1v) is 8.71. The molecule has 0 atom stereocenters. The van der Waals surface area contributed by atoms with Gasteiger partial charge in [0.15, 0.2) is 5.82 Å². The Balaban J connectivity index is 1.50. The highest BCUT2D eigenvalue weighted by Crippen LogP contribution is 2.28. The first-order chi connectivity index (χ1) is 12.6. The number of aromatic nitrogens is 4. The van der Waals surface area contributed by atoms with Crippen LogP contribution in [0.15, 0.2) is 36.7 Å². The van der Waals surface area contributed by atoms with Crippen molar-refractivity contribution in [2.24, 2.45) is 0 Å². The summed E-state index contributed by atoms with van der Waals surface area (Å²) < 4.78 is 16.6. The quantitative estimate of drug-likeness (QED) is 0.784. The van der Waals surface area contributed by atoms with Crippen LogP contribution in [-0.4, -0.2) is 43.9 Å². The first-order valence-electron chi connectivity index (χ1n) is 8.71. The van der Waals surface area contributed by atoms with Gasteiger partial charge in [-0.05, 0) is 25.0 Å². The number of hydrogen-bond acceptors (Lipinski definition) is 3. The highest BCUT2D eigenvalue weighted by Gasteiger charge is 2.21. The molecule has 4 rings (SSSR count). The average Bonchev–Trinajstić information content (AvgIpc) is 3.29. The molecule has 3 heterocycles. The fraction of sp³-hybridized carbons (Fsp3) is 0.316. The van der Waals surface area contributed by atoms with Crippen LogP contribution in [0.5, 0.6) is 0 Å². The number of aromatic amines is 1. The van der Waals surface area contributed by atoms with Gasteiger partial charge >= 0.3 is 0 Å². The van der Waals surface area contributed by atoms with Gasteiger partial charge in [-0.2, -0.15) is 0 Å². The van der Waals surface area contributed by atoms with Crippen molar-refractivity contribution in [3.63, 3.8) is 0 Å². The summed E-state index contributed by atoms with van der Waals surface area (Å²) >= 11 is 0. The number of hydrogen-bond donors (Lipinski definition) is 1. The number of halogens is 1. The number of benzene rings is 1. The third-order valence-electron chi connectivity index (χ3n) is 4.74. The predicted molar refractivity (Wildman–Crippen MR) is 96.8 cm³/mol. The molecule has 6 nitrogen and oxygen atoms in total. The highest BCUT2D eigenvalue weighted by atomic mass is 19.1. The van der Waals surface area contributed by atoms with E-state index >= 15 is 0 Å². The maximum absolute atomic E-state index is 14.9. The fourth-order valence-corrected chi connectivity index (χ4v) is 3.42. The van der Waals surface area contributed by atoms with Gasteiger partial charge < -0.3 is 9.88 Å². The Morgan fingerprint density at radius 1 is 1.38 bits per heavy atom. The normalized spacial score (nSPS) is 14.7. The van der Waals surface area contributed by atoms with E-state index in [1.807, 2.05) is 25.1 Å². The van der Waals surface area contributed by atoms with Crippen LogP contribution in [0, 0.1) is 12.7 Å². The summed E-state index contributed by atoms with van der Waals surface area (Å²) in [5, 5.41) is 8.47. The average molecular weight is 353 g/mol. The van der Waals surface area contributed by atoms with Gasteiger partial charge in [-0.1, -0.05) is 23.4 Å². The van der Waals surface area contributed by atoms with Gasteiger partial charge in [0.2, 0.25) is 5.91 Å². The van der Waals surface area contributed by atoms with Crippen LogP contribution in [0.2, 0.25) is 0 Å². The molecule has 0 bridgehead atoms. The van der Waals surface area contributed by atoms with Crippen LogP contribution >= 0.6 is 0 Å². The Morgan fingerprint density at radius 2 is 2.27 bits per heavy atom. The maximum atomic E-state index is 14.9. The molecule has 0 saturated carbocycles. The second kappa shape index (κ2) is 6.74. The van der Waals surface area contributed by atoms with Gasteiger partial charge in [0.1, 0.15) is 0 Å². The minimum atomic E-state index is -0.251. The molecule has 0 spiro atoms. The Bertz CT molecular complexity index is 973. The van der Waals surface area contributed by atoms with Crippen LogP contribution < -0.4 is 0 Å². The van der Waals surface area contributed by atoms with Gasteiger partial charge in [-0.15, -0.1) is 5.10 Å². The van der Waals surface area contributed by atoms with E-state index in [0.717, 1.165) is 23.1 Å². The second-order valence-electron chi connectivity index (χ2n) is 6.59. The molecule has 1 aliphatic rings. The number of fused-ring (bicyclic) bond motifs is 1. The molecule has 1 N–H and O–H groups in total. The second-order valence-corrected chi connectivity index (χ2v) is 6.59. The van der Waals surface area contributed by atoms with Gasteiger partial charge in [0.05, 0.1) is 18.3 Å². The molecule has 0 unspecified atom stereocenters. The zero-order valence-electron chi connectivity index (χ0n) is 14.6. The maximum Gasteiger partial charge on any atom is 0.224 e. The number of nitrogens with zero attached hydrogens (tertiary/aromatic N) is 4. The van der Waals surface area contributed by atoms with Crippen molar-refractivity contribution < 1.29 is 9.18 Å². The molecular formula is C19H20FN5O. The molecule has 0 fully saturated rings. The van der Waals surface area contributed by atoms with Gasteiger partial charge in [0.25, 0.3) is 0 Å². The van der Waals surface area contributed by atoms with Crippen molar-refractivity contribution in [3.8, 4) is 0 Å². The fourth-order valence-electron chi connectivity index (χ4n) is 3.42. The van der Waals surface area contributed by atoms with Gasteiger partial charge in [0, 0.05) is 42.4 Å². The Labute approximate surface area is 150 Å². The van der Waals surface area contributed by atoms with Crippen molar-refractivity contribution in [2.75, 3.05) is 13.1 Å². The summed E-state index contributed by atoms with van der Waals surface area (Å²) in [5.41, 5.74) is 2.87. The zero-order valence-corrected chi connectivity index (χ0v) is 14.6. The lowest BCUT2D eigenvalue weighted by molar-refractivity contribution is -0.131. The van der Waals surface area contributed by atoms with E-state index in [9.17, 15) is 9.18 Å². The lowest BCUT2D eigenvalue weighted by Crippen LogP contribution is -2.36. The Hall–Kier alpha value is -2.96. The van der Waals surface area contributed by atoms with Crippen LogP contribution in [0.3, 0.4) is 0 Å². The Morgan fingerprint density at radius 3 is 3.08 bits per heavy atom. The molecule has 3 aromatic rings. The van der Waals surface area contributed by atoms with Crippen molar-refractivity contribution in [3.05, 3.63) is 53.7 Å². The van der Waals surface area contributed by atoms with Crippen LogP contribution in [0.4, 0.5) is 4.39 Å². The van der Waals surface area contributed by atoms with Crippen molar-refractivity contribution in [1.82, 2.24) is 24.9 Å². The smallest absolute Gasteiger partial charge is 0.224 e. The zero-order chi connectivity index (χ0) is 18.1. The third kappa shape index (κ3) is 3.12. The molecule has 7 heteroatoms. The largest absolute Gasteiger partial charge is 0.356 e. The molecule has 0 aliphatic carbocycles. The van der Waals surface area contributed by atoms with E-state index in [4.69, 9.17) is 0 Å². The Kier molecular flexibility index (Phi) is 4.28. The van der Waals surface area contributed by atoms with E-state index in [-0.39, 0.29) is 11.7 Å². The van der Waals surface area contributed by atoms with E-state index in [0.29, 0.717) is 37.1 Å².